The zero-order valence-corrected chi connectivity index (χ0v) is 12.4. The van der Waals surface area contributed by atoms with Crippen LogP contribution >= 0.6 is 22.9 Å². The van der Waals surface area contributed by atoms with Gasteiger partial charge in [-0.2, -0.15) is 0 Å². The molecule has 1 aromatic heterocycles. The number of halogens is 1. The predicted octanol–water partition coefficient (Wildman–Crippen LogP) is 3.77. The number of nitrogens with one attached hydrogen (secondary N) is 1. The Morgan fingerprint density at radius 3 is 2.72 bits per heavy atom. The molecule has 102 valence electrons. The molecule has 1 heterocycles. The Bertz CT molecular complexity index is 381. The number of aliphatic carboxylic acids is 1. The van der Waals surface area contributed by atoms with E-state index in [0.717, 1.165) is 30.1 Å². The molecule has 0 radical (unpaired) electrons. The van der Waals surface area contributed by atoms with E-state index < -0.39 is 5.97 Å². The summed E-state index contributed by atoms with van der Waals surface area (Å²) in [6.07, 6.45) is 2.68. The molecule has 2 atom stereocenters. The molecule has 0 spiro atoms. The Labute approximate surface area is 117 Å². The lowest BCUT2D eigenvalue weighted by molar-refractivity contribution is -0.141. The summed E-state index contributed by atoms with van der Waals surface area (Å²) in [7, 11) is 0. The average Bonchev–Trinajstić information content (AvgIpc) is 2.72. The van der Waals surface area contributed by atoms with Crippen molar-refractivity contribution in [2.75, 3.05) is 0 Å². The molecule has 0 saturated heterocycles. The summed E-state index contributed by atoms with van der Waals surface area (Å²) < 4.78 is 0.815. The van der Waals surface area contributed by atoms with E-state index in [2.05, 4.69) is 12.2 Å². The first kappa shape index (κ1) is 15.5. The van der Waals surface area contributed by atoms with Crippen LogP contribution in [0.15, 0.2) is 12.1 Å². The zero-order chi connectivity index (χ0) is 13.5. The Morgan fingerprint density at radius 2 is 2.17 bits per heavy atom. The highest BCUT2D eigenvalue weighted by Gasteiger charge is 2.11. The van der Waals surface area contributed by atoms with E-state index in [0.29, 0.717) is 6.04 Å². The van der Waals surface area contributed by atoms with E-state index in [4.69, 9.17) is 16.7 Å². The van der Waals surface area contributed by atoms with Crippen LogP contribution in [0, 0.1) is 5.92 Å². The summed E-state index contributed by atoms with van der Waals surface area (Å²) in [5, 5.41) is 12.2. The molecule has 0 aliphatic rings. The number of carboxylic acid groups (broad SMARTS) is 1. The van der Waals surface area contributed by atoms with Crippen LogP contribution in [-0.4, -0.2) is 17.1 Å². The topological polar surface area (TPSA) is 49.3 Å². The van der Waals surface area contributed by atoms with Crippen molar-refractivity contribution in [3.05, 3.63) is 21.3 Å². The lowest BCUT2D eigenvalue weighted by Crippen LogP contribution is -2.25. The van der Waals surface area contributed by atoms with Crippen molar-refractivity contribution in [3.8, 4) is 0 Å². The van der Waals surface area contributed by atoms with E-state index in [1.54, 1.807) is 18.3 Å². The summed E-state index contributed by atoms with van der Waals surface area (Å²) in [4.78, 5) is 11.9. The van der Waals surface area contributed by atoms with Crippen LogP contribution in [0.25, 0.3) is 0 Å². The van der Waals surface area contributed by atoms with E-state index in [1.807, 2.05) is 12.1 Å². The first-order valence-corrected chi connectivity index (χ1v) is 7.39. The van der Waals surface area contributed by atoms with Gasteiger partial charge in [0, 0.05) is 17.5 Å². The molecule has 5 heteroatoms. The minimum Gasteiger partial charge on any atom is -0.481 e. The van der Waals surface area contributed by atoms with E-state index >= 15 is 0 Å². The molecular weight excluding hydrogens is 270 g/mol. The quantitative estimate of drug-likeness (QED) is 0.766. The van der Waals surface area contributed by atoms with Gasteiger partial charge in [-0.15, -0.1) is 11.3 Å². The molecule has 0 bridgehead atoms. The van der Waals surface area contributed by atoms with Crippen molar-refractivity contribution in [2.24, 2.45) is 5.92 Å². The molecule has 0 saturated carbocycles. The van der Waals surface area contributed by atoms with Crippen LogP contribution in [0.1, 0.15) is 38.0 Å². The molecule has 2 N–H and O–H groups in total. The Balaban J connectivity index is 2.14. The first-order chi connectivity index (χ1) is 8.49. The molecule has 0 aromatic carbocycles. The summed E-state index contributed by atoms with van der Waals surface area (Å²) in [6, 6.07) is 4.33. The van der Waals surface area contributed by atoms with Crippen LogP contribution in [0.5, 0.6) is 0 Å². The van der Waals surface area contributed by atoms with Gasteiger partial charge < -0.3 is 10.4 Å². The van der Waals surface area contributed by atoms with Crippen LogP contribution in [0.2, 0.25) is 4.34 Å². The zero-order valence-electron chi connectivity index (χ0n) is 10.8. The molecule has 1 rings (SSSR count). The van der Waals surface area contributed by atoms with E-state index in [1.165, 1.54) is 4.88 Å². The van der Waals surface area contributed by atoms with Crippen LogP contribution in [0.3, 0.4) is 0 Å². The van der Waals surface area contributed by atoms with Crippen molar-refractivity contribution in [2.45, 2.75) is 45.7 Å². The summed E-state index contributed by atoms with van der Waals surface area (Å²) >= 11 is 7.45. The molecule has 1 aromatic rings. The lowest BCUT2D eigenvalue weighted by Gasteiger charge is -2.13. The van der Waals surface area contributed by atoms with Crippen molar-refractivity contribution in [1.29, 1.82) is 0 Å². The highest BCUT2D eigenvalue weighted by Crippen LogP contribution is 2.21. The maximum Gasteiger partial charge on any atom is 0.306 e. The number of thiophene rings is 1. The van der Waals surface area contributed by atoms with Gasteiger partial charge in [-0.25, -0.2) is 0 Å². The third-order valence-electron chi connectivity index (χ3n) is 2.95. The highest BCUT2D eigenvalue weighted by atomic mass is 35.5. The van der Waals surface area contributed by atoms with Crippen molar-refractivity contribution >= 4 is 28.9 Å². The number of carboxylic acids is 1. The van der Waals surface area contributed by atoms with Crippen LogP contribution in [-0.2, 0) is 11.3 Å². The number of hydrogen-bond donors (Lipinski definition) is 2. The summed E-state index contributed by atoms with van der Waals surface area (Å²) in [6.45, 7) is 4.71. The van der Waals surface area contributed by atoms with Crippen LogP contribution < -0.4 is 5.32 Å². The lowest BCUT2D eigenvalue weighted by atomic mass is 10.0. The SMILES string of the molecule is CC(CCCC(C)C(=O)O)NCc1ccc(Cl)s1. The van der Waals surface area contributed by atoms with Crippen LogP contribution in [0.4, 0.5) is 0 Å². The van der Waals surface area contributed by atoms with Gasteiger partial charge in [0.2, 0.25) is 0 Å². The molecule has 2 unspecified atom stereocenters. The van der Waals surface area contributed by atoms with Crippen molar-refractivity contribution < 1.29 is 9.90 Å². The van der Waals surface area contributed by atoms with Gasteiger partial charge >= 0.3 is 5.97 Å². The smallest absolute Gasteiger partial charge is 0.306 e. The first-order valence-electron chi connectivity index (χ1n) is 6.19. The fourth-order valence-electron chi connectivity index (χ4n) is 1.68. The third-order valence-corrected chi connectivity index (χ3v) is 4.18. The number of hydrogen-bond acceptors (Lipinski definition) is 3. The van der Waals surface area contributed by atoms with Gasteiger partial charge in [0.1, 0.15) is 0 Å². The van der Waals surface area contributed by atoms with Gasteiger partial charge in [-0.1, -0.05) is 24.9 Å². The third kappa shape index (κ3) is 5.85. The Morgan fingerprint density at radius 1 is 1.44 bits per heavy atom. The largest absolute Gasteiger partial charge is 0.481 e. The van der Waals surface area contributed by atoms with Gasteiger partial charge in [0.15, 0.2) is 0 Å². The molecule has 0 aliphatic heterocycles. The average molecular weight is 290 g/mol. The van der Waals surface area contributed by atoms with E-state index in [9.17, 15) is 4.79 Å². The molecule has 18 heavy (non-hydrogen) atoms. The fraction of sp³-hybridized carbons (Fsp3) is 0.615. The maximum atomic E-state index is 10.7. The standard InChI is InChI=1S/C13H20ClNO2S/c1-9(13(16)17)4-3-5-10(2)15-8-11-6-7-12(14)18-11/h6-7,9-10,15H,3-5,8H2,1-2H3,(H,16,17). The second kappa shape index (κ2) is 7.77. The van der Waals surface area contributed by atoms with Gasteiger partial charge in [0.25, 0.3) is 0 Å². The molecule has 3 nitrogen and oxygen atoms in total. The molecule has 0 aliphatic carbocycles. The second-order valence-electron chi connectivity index (χ2n) is 4.66. The molecule has 0 fully saturated rings. The monoisotopic (exact) mass is 289 g/mol. The van der Waals surface area contributed by atoms with Crippen molar-refractivity contribution in [1.82, 2.24) is 5.32 Å². The number of rotatable bonds is 8. The second-order valence-corrected chi connectivity index (χ2v) is 6.46. The molecular formula is C13H20ClNO2S. The Hall–Kier alpha value is -0.580. The normalized spacial score (nSPS) is 14.4. The minimum absolute atomic E-state index is 0.242. The number of carbonyl (C=O) groups is 1. The minimum atomic E-state index is -0.705. The summed E-state index contributed by atoms with van der Waals surface area (Å²) in [5.74, 6) is -0.947. The van der Waals surface area contributed by atoms with Gasteiger partial charge in [-0.3, -0.25) is 4.79 Å². The Kier molecular flexibility index (Phi) is 6.68. The van der Waals surface area contributed by atoms with Gasteiger partial charge in [-0.05, 0) is 31.9 Å². The van der Waals surface area contributed by atoms with Gasteiger partial charge in [0.05, 0.1) is 10.3 Å². The maximum absolute atomic E-state index is 10.7. The van der Waals surface area contributed by atoms with E-state index in [-0.39, 0.29) is 5.92 Å². The fourth-order valence-corrected chi connectivity index (χ4v) is 2.72. The highest BCUT2D eigenvalue weighted by molar-refractivity contribution is 7.16. The molecule has 0 amide bonds. The predicted molar refractivity (Wildman–Crippen MR) is 76.3 cm³/mol. The van der Waals surface area contributed by atoms with Crippen molar-refractivity contribution in [3.63, 3.8) is 0 Å². The summed E-state index contributed by atoms with van der Waals surface area (Å²) in [5.41, 5.74) is 0.